The van der Waals surface area contributed by atoms with E-state index in [9.17, 15) is 0 Å². The maximum atomic E-state index is 3.88. The lowest BCUT2D eigenvalue weighted by molar-refractivity contribution is 1.27. The van der Waals surface area contributed by atoms with Gasteiger partial charge in [-0.05, 0) is 39.3 Å². The Morgan fingerprint density at radius 1 is 0.500 bits per heavy atom. The van der Waals surface area contributed by atoms with Gasteiger partial charge in [0.1, 0.15) is 0 Å². The Morgan fingerprint density at radius 2 is 0.885 bits per heavy atom. The summed E-state index contributed by atoms with van der Waals surface area (Å²) in [5.41, 5.74) is 5.19. The van der Waals surface area contributed by atoms with Gasteiger partial charge in [0.05, 0.1) is 0 Å². The van der Waals surface area contributed by atoms with Gasteiger partial charge in [0, 0.05) is 12.4 Å². The number of aryl methyl sites for hydroxylation is 4. The van der Waals surface area contributed by atoms with Crippen LogP contribution < -0.4 is 0 Å². The molecule has 0 N–H and O–H groups in total. The van der Waals surface area contributed by atoms with E-state index in [1.165, 1.54) is 22.3 Å². The van der Waals surface area contributed by atoms with E-state index in [0.29, 0.717) is 0 Å². The number of benzene rings is 2. The summed E-state index contributed by atoms with van der Waals surface area (Å²) in [6.07, 6.45) is 3.60. The Morgan fingerprint density at radius 3 is 1.12 bits per heavy atom. The van der Waals surface area contributed by atoms with Crippen molar-refractivity contribution in [1.29, 1.82) is 0 Å². The summed E-state index contributed by atoms with van der Waals surface area (Å²) >= 11 is 0. The maximum Gasteiger partial charge on any atom is 0.0297 e. The normalized spacial score (nSPS) is 7.77. The molecule has 0 bridgehead atoms. The zero-order valence-electron chi connectivity index (χ0n) is 16.0. The fourth-order valence-corrected chi connectivity index (χ4v) is 1.62. The van der Waals surface area contributed by atoms with E-state index in [0.717, 1.165) is 0 Å². The molecule has 1 nitrogen and oxygen atoms in total. The van der Waals surface area contributed by atoms with Crippen LogP contribution >= 0.6 is 0 Å². The molecule has 0 radical (unpaired) electrons. The summed E-state index contributed by atoms with van der Waals surface area (Å²) in [7, 11) is 0. The maximum absolute atomic E-state index is 3.88. The van der Waals surface area contributed by atoms with Crippen LogP contribution in [0.2, 0.25) is 0 Å². The summed E-state index contributed by atoms with van der Waals surface area (Å²) in [5, 5.41) is 0. The molecular weight excluding hydrogens is 314 g/mol. The Balaban J connectivity index is -0.000000281. The van der Waals surface area contributed by atoms with Gasteiger partial charge in [-0.15, -0.1) is 0 Å². The number of aromatic nitrogens is 1. The standard InChI is InChI=1S/C8H10.C7H8.C6H7N.C2H6.2CH4/c1-7-3-5-8(2)6-4-7;1-7-5-3-2-4-6-7;1-6-3-2-4-7-5-6;1-2;;/h3-6H,1-2H3;2-6H,1H3;2-5H,1H3;1-2H3;2*1H4. The molecule has 144 valence electrons. The van der Waals surface area contributed by atoms with Gasteiger partial charge in [0.15, 0.2) is 0 Å². The first-order valence-electron chi connectivity index (χ1n) is 8.49. The van der Waals surface area contributed by atoms with Crippen molar-refractivity contribution in [2.75, 3.05) is 0 Å². The molecule has 1 heterocycles. The van der Waals surface area contributed by atoms with Crippen molar-refractivity contribution in [2.45, 2.75) is 56.4 Å². The summed E-state index contributed by atoms with van der Waals surface area (Å²) < 4.78 is 0. The quantitative estimate of drug-likeness (QED) is 0.399. The van der Waals surface area contributed by atoms with Crippen molar-refractivity contribution >= 4 is 0 Å². The van der Waals surface area contributed by atoms with Crippen LogP contribution in [0.4, 0.5) is 0 Å². The lowest BCUT2D eigenvalue weighted by Crippen LogP contribution is -1.70. The smallest absolute Gasteiger partial charge is 0.0297 e. The van der Waals surface area contributed by atoms with Crippen LogP contribution in [0.3, 0.4) is 0 Å². The molecule has 3 aromatic rings. The van der Waals surface area contributed by atoms with Crippen molar-refractivity contribution in [3.05, 3.63) is 101 Å². The van der Waals surface area contributed by atoms with Gasteiger partial charge in [0.2, 0.25) is 0 Å². The average Bonchev–Trinajstić information content (AvgIpc) is 2.62. The van der Waals surface area contributed by atoms with Crippen molar-refractivity contribution in [1.82, 2.24) is 4.98 Å². The third-order valence-corrected chi connectivity index (χ3v) is 2.97. The molecule has 1 heteroatoms. The molecule has 0 aliphatic rings. The molecule has 0 aliphatic heterocycles. The second kappa shape index (κ2) is 18.9. The van der Waals surface area contributed by atoms with E-state index < -0.39 is 0 Å². The SMILES string of the molecule is C.C.CC.Cc1ccc(C)cc1.Cc1ccccc1.Cc1cccnc1. The third kappa shape index (κ3) is 16.4. The van der Waals surface area contributed by atoms with E-state index in [1.807, 2.05) is 57.3 Å². The summed E-state index contributed by atoms with van der Waals surface area (Å²) in [6, 6.07) is 22.7. The highest BCUT2D eigenvalue weighted by molar-refractivity contribution is 5.19. The highest BCUT2D eigenvalue weighted by Gasteiger charge is 1.79. The molecule has 2 aromatic carbocycles. The van der Waals surface area contributed by atoms with E-state index in [2.05, 4.69) is 62.2 Å². The fraction of sp³-hybridized carbons (Fsp3) is 0.320. The number of hydrogen-bond acceptors (Lipinski definition) is 1. The lowest BCUT2D eigenvalue weighted by atomic mass is 10.2. The van der Waals surface area contributed by atoms with E-state index in [-0.39, 0.29) is 14.9 Å². The predicted molar refractivity (Wildman–Crippen MR) is 121 cm³/mol. The second-order valence-corrected chi connectivity index (χ2v) is 5.34. The minimum Gasteiger partial charge on any atom is -0.264 e. The molecule has 0 atom stereocenters. The third-order valence-electron chi connectivity index (χ3n) is 2.97. The number of hydrogen-bond donors (Lipinski definition) is 0. The monoisotopic (exact) mass is 353 g/mol. The van der Waals surface area contributed by atoms with Crippen LogP contribution in [-0.2, 0) is 0 Å². The lowest BCUT2D eigenvalue weighted by Gasteiger charge is -1.90. The van der Waals surface area contributed by atoms with Gasteiger partial charge >= 0.3 is 0 Å². The molecule has 0 saturated carbocycles. The van der Waals surface area contributed by atoms with Crippen molar-refractivity contribution in [3.8, 4) is 0 Å². The van der Waals surface area contributed by atoms with Gasteiger partial charge in [-0.25, -0.2) is 0 Å². The number of nitrogens with zero attached hydrogens (tertiary/aromatic N) is 1. The van der Waals surface area contributed by atoms with Crippen LogP contribution in [0, 0.1) is 27.7 Å². The van der Waals surface area contributed by atoms with E-state index in [4.69, 9.17) is 0 Å². The summed E-state index contributed by atoms with van der Waals surface area (Å²) in [6.45, 7) is 12.3. The molecule has 0 spiro atoms. The fourth-order valence-electron chi connectivity index (χ4n) is 1.62. The zero-order chi connectivity index (χ0) is 18.2. The van der Waals surface area contributed by atoms with Crippen LogP contribution in [0.15, 0.2) is 79.1 Å². The first-order valence-corrected chi connectivity index (χ1v) is 8.49. The van der Waals surface area contributed by atoms with E-state index >= 15 is 0 Å². The molecule has 0 unspecified atom stereocenters. The van der Waals surface area contributed by atoms with Gasteiger partial charge in [-0.1, -0.05) is 106 Å². The van der Waals surface area contributed by atoms with Gasteiger partial charge in [-0.3, -0.25) is 4.98 Å². The first-order chi connectivity index (χ1) is 11.6. The molecule has 1 aromatic heterocycles. The van der Waals surface area contributed by atoms with E-state index in [1.54, 1.807) is 6.20 Å². The minimum atomic E-state index is 0. The number of pyridine rings is 1. The molecule has 26 heavy (non-hydrogen) atoms. The van der Waals surface area contributed by atoms with Crippen molar-refractivity contribution < 1.29 is 0 Å². The average molecular weight is 354 g/mol. The van der Waals surface area contributed by atoms with Crippen LogP contribution in [0.1, 0.15) is 51.0 Å². The first kappa shape index (κ1) is 28.4. The zero-order valence-corrected chi connectivity index (χ0v) is 16.0. The molecule has 0 amide bonds. The largest absolute Gasteiger partial charge is 0.264 e. The highest BCUT2D eigenvalue weighted by atomic mass is 14.6. The molecular formula is C25H39N. The number of rotatable bonds is 0. The van der Waals surface area contributed by atoms with Crippen molar-refractivity contribution in [2.24, 2.45) is 0 Å². The Kier molecular flexibility index (Phi) is 20.7. The summed E-state index contributed by atoms with van der Waals surface area (Å²) in [4.78, 5) is 3.88. The Bertz CT molecular complexity index is 555. The molecule has 3 rings (SSSR count). The Hall–Kier alpha value is -2.41. The molecule has 0 fully saturated rings. The highest BCUT2D eigenvalue weighted by Crippen LogP contribution is 1.99. The van der Waals surface area contributed by atoms with Crippen LogP contribution in [0.5, 0.6) is 0 Å². The molecule has 0 aliphatic carbocycles. The minimum absolute atomic E-state index is 0. The second-order valence-electron chi connectivity index (χ2n) is 5.34. The van der Waals surface area contributed by atoms with Gasteiger partial charge in [-0.2, -0.15) is 0 Å². The molecule has 0 saturated heterocycles. The van der Waals surface area contributed by atoms with Gasteiger partial charge < -0.3 is 0 Å². The van der Waals surface area contributed by atoms with Crippen LogP contribution in [0.25, 0.3) is 0 Å². The Labute approximate surface area is 163 Å². The topological polar surface area (TPSA) is 12.9 Å². The van der Waals surface area contributed by atoms with Gasteiger partial charge in [0.25, 0.3) is 0 Å². The van der Waals surface area contributed by atoms with Crippen molar-refractivity contribution in [3.63, 3.8) is 0 Å². The van der Waals surface area contributed by atoms with Crippen LogP contribution in [-0.4, -0.2) is 4.98 Å². The summed E-state index contributed by atoms with van der Waals surface area (Å²) in [5.74, 6) is 0. The predicted octanol–water partition coefficient (Wildman–Crippen LogP) is 7.99.